The van der Waals surface area contributed by atoms with E-state index in [0.717, 1.165) is 18.4 Å². The topological polar surface area (TPSA) is 26.3 Å². The van der Waals surface area contributed by atoms with E-state index < -0.39 is 0 Å². The quantitative estimate of drug-likeness (QED) is 0.732. The highest BCUT2D eigenvalue weighted by Gasteiger charge is 2.50. The van der Waals surface area contributed by atoms with E-state index in [4.69, 9.17) is 4.74 Å². The highest BCUT2D eigenvalue weighted by atomic mass is 19.1. The second-order valence-corrected chi connectivity index (χ2v) is 4.30. The number of rotatable bonds is 4. The van der Waals surface area contributed by atoms with Gasteiger partial charge in [0, 0.05) is 0 Å². The first-order valence-corrected chi connectivity index (χ1v) is 5.58. The van der Waals surface area contributed by atoms with Crippen LogP contribution in [0.1, 0.15) is 25.3 Å². The Morgan fingerprint density at radius 2 is 2.00 bits per heavy atom. The minimum atomic E-state index is -0.326. The maximum absolute atomic E-state index is 12.7. The Hall–Kier alpha value is -1.38. The number of halogens is 1. The van der Waals surface area contributed by atoms with E-state index in [9.17, 15) is 9.18 Å². The third-order valence-corrected chi connectivity index (χ3v) is 3.02. The third kappa shape index (κ3) is 2.23. The molecule has 0 radical (unpaired) electrons. The molecule has 0 unspecified atom stereocenters. The molecule has 1 aliphatic carbocycles. The number of benzene rings is 1. The number of carbonyl (C=O) groups is 1. The predicted octanol–water partition coefficient (Wildman–Crippen LogP) is 2.71. The maximum atomic E-state index is 12.7. The molecular weight excluding hydrogens is 207 g/mol. The second kappa shape index (κ2) is 4.24. The van der Waals surface area contributed by atoms with Gasteiger partial charge in [-0.3, -0.25) is 4.79 Å². The van der Waals surface area contributed by atoms with E-state index in [2.05, 4.69) is 0 Å². The van der Waals surface area contributed by atoms with Crippen LogP contribution in [0.25, 0.3) is 0 Å². The largest absolute Gasteiger partial charge is 0.466 e. The summed E-state index contributed by atoms with van der Waals surface area (Å²) >= 11 is 0. The van der Waals surface area contributed by atoms with Gasteiger partial charge in [0.15, 0.2) is 0 Å². The molecule has 0 saturated heterocycles. The first-order chi connectivity index (χ1) is 7.66. The molecule has 0 amide bonds. The average molecular weight is 222 g/mol. The van der Waals surface area contributed by atoms with Crippen molar-refractivity contribution in [1.82, 2.24) is 0 Å². The predicted molar refractivity (Wildman–Crippen MR) is 58.4 cm³/mol. The van der Waals surface area contributed by atoms with Crippen molar-refractivity contribution in [3.05, 3.63) is 35.6 Å². The van der Waals surface area contributed by atoms with Gasteiger partial charge in [-0.15, -0.1) is 0 Å². The van der Waals surface area contributed by atoms with Crippen molar-refractivity contribution in [2.45, 2.75) is 26.2 Å². The van der Waals surface area contributed by atoms with Crippen LogP contribution in [-0.2, 0) is 16.0 Å². The first-order valence-electron chi connectivity index (χ1n) is 5.58. The van der Waals surface area contributed by atoms with Crippen LogP contribution < -0.4 is 0 Å². The smallest absolute Gasteiger partial charge is 0.312 e. The molecule has 0 atom stereocenters. The Balaban J connectivity index is 2.04. The molecular formula is C13H15FO2. The number of esters is 1. The molecule has 0 aliphatic heterocycles. The molecule has 1 fully saturated rings. The van der Waals surface area contributed by atoms with Crippen LogP contribution in [0.4, 0.5) is 4.39 Å². The molecule has 1 aliphatic rings. The van der Waals surface area contributed by atoms with Crippen LogP contribution >= 0.6 is 0 Å². The van der Waals surface area contributed by atoms with Crippen LogP contribution in [0, 0.1) is 11.2 Å². The van der Waals surface area contributed by atoms with Gasteiger partial charge in [0.25, 0.3) is 0 Å². The van der Waals surface area contributed by atoms with E-state index in [0.29, 0.717) is 13.0 Å². The van der Waals surface area contributed by atoms with Crippen LogP contribution in [-0.4, -0.2) is 12.6 Å². The lowest BCUT2D eigenvalue weighted by Crippen LogP contribution is -2.21. The molecule has 0 aromatic heterocycles. The van der Waals surface area contributed by atoms with Gasteiger partial charge in [-0.05, 0) is 43.9 Å². The molecule has 2 nitrogen and oxygen atoms in total. The average Bonchev–Trinajstić information content (AvgIpc) is 3.03. The van der Waals surface area contributed by atoms with E-state index >= 15 is 0 Å². The highest BCUT2D eigenvalue weighted by Crippen LogP contribution is 2.49. The molecule has 0 bridgehead atoms. The lowest BCUT2D eigenvalue weighted by atomic mass is 9.97. The van der Waals surface area contributed by atoms with Crippen LogP contribution in [0.2, 0.25) is 0 Å². The number of hydrogen-bond acceptors (Lipinski definition) is 2. The Labute approximate surface area is 94.4 Å². The second-order valence-electron chi connectivity index (χ2n) is 4.30. The van der Waals surface area contributed by atoms with E-state index in [1.54, 1.807) is 12.1 Å². The summed E-state index contributed by atoms with van der Waals surface area (Å²) in [4.78, 5) is 11.7. The van der Waals surface area contributed by atoms with Crippen LogP contribution in [0.15, 0.2) is 24.3 Å². The van der Waals surface area contributed by atoms with Gasteiger partial charge in [-0.25, -0.2) is 4.39 Å². The Kier molecular flexibility index (Phi) is 2.95. The minimum absolute atomic E-state index is 0.112. The van der Waals surface area contributed by atoms with Gasteiger partial charge in [0.2, 0.25) is 0 Å². The molecule has 2 rings (SSSR count). The monoisotopic (exact) mass is 222 g/mol. The lowest BCUT2D eigenvalue weighted by Gasteiger charge is -2.13. The molecule has 16 heavy (non-hydrogen) atoms. The van der Waals surface area contributed by atoms with Crippen LogP contribution in [0.3, 0.4) is 0 Å². The molecule has 0 spiro atoms. The fourth-order valence-electron chi connectivity index (χ4n) is 1.88. The summed E-state index contributed by atoms with van der Waals surface area (Å²) in [5.74, 6) is -0.357. The Bertz CT molecular complexity index is 379. The Morgan fingerprint density at radius 1 is 1.38 bits per heavy atom. The fourth-order valence-corrected chi connectivity index (χ4v) is 1.88. The zero-order chi connectivity index (χ0) is 11.6. The molecule has 1 saturated carbocycles. The summed E-state index contributed by atoms with van der Waals surface area (Å²) in [6, 6.07) is 6.32. The van der Waals surface area contributed by atoms with Crippen LogP contribution in [0.5, 0.6) is 0 Å². The van der Waals surface area contributed by atoms with Crippen molar-refractivity contribution in [2.24, 2.45) is 5.41 Å². The SMILES string of the molecule is CCOC(=O)C1(Cc2ccc(F)cc2)CC1. The van der Waals surface area contributed by atoms with E-state index in [1.165, 1.54) is 12.1 Å². The molecule has 3 heteroatoms. The summed E-state index contributed by atoms with van der Waals surface area (Å²) in [6.07, 6.45) is 2.42. The van der Waals surface area contributed by atoms with E-state index in [1.807, 2.05) is 6.92 Å². The summed E-state index contributed by atoms with van der Waals surface area (Å²) in [7, 11) is 0. The summed E-state index contributed by atoms with van der Waals surface area (Å²) in [5, 5.41) is 0. The maximum Gasteiger partial charge on any atom is 0.312 e. The van der Waals surface area contributed by atoms with Gasteiger partial charge < -0.3 is 4.74 Å². The van der Waals surface area contributed by atoms with Gasteiger partial charge >= 0.3 is 5.97 Å². The van der Waals surface area contributed by atoms with Crippen molar-refractivity contribution in [1.29, 1.82) is 0 Å². The summed E-state index contributed by atoms with van der Waals surface area (Å²) in [6.45, 7) is 2.23. The normalized spacial score (nSPS) is 16.9. The van der Waals surface area contributed by atoms with Crippen molar-refractivity contribution in [3.8, 4) is 0 Å². The van der Waals surface area contributed by atoms with Gasteiger partial charge in [0.1, 0.15) is 5.82 Å². The number of ether oxygens (including phenoxy) is 1. The van der Waals surface area contributed by atoms with Gasteiger partial charge in [-0.2, -0.15) is 0 Å². The van der Waals surface area contributed by atoms with Gasteiger partial charge in [-0.1, -0.05) is 12.1 Å². The van der Waals surface area contributed by atoms with Gasteiger partial charge in [0.05, 0.1) is 12.0 Å². The molecule has 86 valence electrons. The van der Waals surface area contributed by atoms with Crippen molar-refractivity contribution in [2.75, 3.05) is 6.61 Å². The number of carbonyl (C=O) groups excluding carboxylic acids is 1. The zero-order valence-electron chi connectivity index (χ0n) is 9.33. The van der Waals surface area contributed by atoms with Crippen molar-refractivity contribution >= 4 is 5.97 Å². The minimum Gasteiger partial charge on any atom is -0.466 e. The van der Waals surface area contributed by atoms with Crippen molar-refractivity contribution in [3.63, 3.8) is 0 Å². The van der Waals surface area contributed by atoms with E-state index in [-0.39, 0.29) is 17.2 Å². The standard InChI is InChI=1S/C13H15FO2/c1-2-16-12(15)13(7-8-13)9-10-3-5-11(14)6-4-10/h3-6H,2,7-9H2,1H3. The summed E-state index contributed by atoms with van der Waals surface area (Å²) in [5.41, 5.74) is 0.667. The lowest BCUT2D eigenvalue weighted by molar-refractivity contribution is -0.149. The zero-order valence-corrected chi connectivity index (χ0v) is 9.33. The first kappa shape index (κ1) is 11.1. The molecule has 1 aromatic rings. The highest BCUT2D eigenvalue weighted by molar-refractivity contribution is 5.80. The molecule has 0 heterocycles. The molecule has 1 aromatic carbocycles. The fraction of sp³-hybridized carbons (Fsp3) is 0.462. The van der Waals surface area contributed by atoms with Crippen molar-refractivity contribution < 1.29 is 13.9 Å². The summed E-state index contributed by atoms with van der Waals surface area (Å²) < 4.78 is 17.8. The molecule has 0 N–H and O–H groups in total. The number of hydrogen-bond donors (Lipinski definition) is 0. The third-order valence-electron chi connectivity index (χ3n) is 3.02. The Morgan fingerprint density at radius 3 is 2.50 bits per heavy atom.